The summed E-state index contributed by atoms with van der Waals surface area (Å²) in [6, 6.07) is 17.9. The Morgan fingerprint density at radius 2 is 1.86 bits per heavy atom. The van der Waals surface area contributed by atoms with E-state index in [2.05, 4.69) is 4.98 Å². The maximum atomic E-state index is 13.4. The van der Waals surface area contributed by atoms with Crippen molar-refractivity contribution < 1.29 is 9.18 Å². The molecule has 0 aliphatic rings. The highest BCUT2D eigenvalue weighted by atomic mass is 19.1. The van der Waals surface area contributed by atoms with E-state index in [4.69, 9.17) is 0 Å². The topological polar surface area (TPSA) is 55.2 Å². The van der Waals surface area contributed by atoms with Crippen molar-refractivity contribution in [1.29, 1.82) is 0 Å². The number of likely N-dealkylation sites (N-methyl/N-ethyl adjacent to an activating group) is 1. The van der Waals surface area contributed by atoms with Crippen LogP contribution in [0.2, 0.25) is 0 Å². The fourth-order valence-electron chi connectivity index (χ4n) is 3.21. The molecule has 0 aliphatic heterocycles. The number of carbonyl (C=O) groups excluding carboxylic acids is 1. The van der Waals surface area contributed by atoms with Crippen molar-refractivity contribution in [3.05, 3.63) is 88.7 Å². The average Bonchev–Trinajstić information content (AvgIpc) is 2.70. The fourth-order valence-corrected chi connectivity index (χ4v) is 3.21. The minimum absolute atomic E-state index is 0.150. The van der Waals surface area contributed by atoms with Crippen molar-refractivity contribution in [2.45, 2.75) is 13.1 Å². The number of carbonyl (C=O) groups is 1. The number of hydrogen-bond acceptors (Lipinski definition) is 3. The molecule has 0 spiro atoms. The summed E-state index contributed by atoms with van der Waals surface area (Å²) in [7, 11) is 1.69. The summed E-state index contributed by atoms with van der Waals surface area (Å²) in [5.41, 5.74) is 0.970. The lowest BCUT2D eigenvalue weighted by Gasteiger charge is -2.18. The van der Waals surface area contributed by atoms with Crippen LogP contribution in [0.25, 0.3) is 21.7 Å². The molecular formula is C22H18FN3O2. The number of rotatable bonds is 4. The highest BCUT2D eigenvalue weighted by molar-refractivity contribution is 5.83. The van der Waals surface area contributed by atoms with Gasteiger partial charge in [-0.3, -0.25) is 14.2 Å². The van der Waals surface area contributed by atoms with E-state index in [0.29, 0.717) is 12.1 Å². The Hall–Kier alpha value is -3.54. The van der Waals surface area contributed by atoms with Crippen molar-refractivity contribution in [1.82, 2.24) is 14.5 Å². The van der Waals surface area contributed by atoms with Gasteiger partial charge in [0, 0.05) is 13.6 Å². The zero-order chi connectivity index (χ0) is 19.7. The number of hydrogen-bond donors (Lipinski definition) is 0. The third kappa shape index (κ3) is 3.49. The Morgan fingerprint density at radius 1 is 1.07 bits per heavy atom. The van der Waals surface area contributed by atoms with Crippen molar-refractivity contribution >= 4 is 27.6 Å². The van der Waals surface area contributed by atoms with Crippen molar-refractivity contribution in [3.63, 3.8) is 0 Å². The summed E-state index contributed by atoms with van der Waals surface area (Å²) >= 11 is 0. The monoisotopic (exact) mass is 375 g/mol. The average molecular weight is 375 g/mol. The second-order valence-corrected chi connectivity index (χ2v) is 6.77. The SMILES string of the molecule is CN(Cc1ccc2ccccc2c1)C(=O)Cn1cnc2ccc(F)cc2c1=O. The van der Waals surface area contributed by atoms with E-state index >= 15 is 0 Å². The maximum Gasteiger partial charge on any atom is 0.261 e. The predicted molar refractivity (Wildman–Crippen MR) is 106 cm³/mol. The smallest absolute Gasteiger partial charge is 0.261 e. The van der Waals surface area contributed by atoms with Gasteiger partial charge >= 0.3 is 0 Å². The van der Waals surface area contributed by atoms with Gasteiger partial charge in [0.2, 0.25) is 5.91 Å². The molecular weight excluding hydrogens is 357 g/mol. The predicted octanol–water partition coefficient (Wildman–Crippen LogP) is 3.35. The molecule has 0 bridgehead atoms. The Kier molecular flexibility index (Phi) is 4.61. The fraction of sp³-hybridized carbons (Fsp3) is 0.136. The van der Waals surface area contributed by atoms with E-state index < -0.39 is 11.4 Å². The number of nitrogens with zero attached hydrogens (tertiary/aromatic N) is 3. The van der Waals surface area contributed by atoms with Crippen molar-refractivity contribution in [2.24, 2.45) is 0 Å². The highest BCUT2D eigenvalue weighted by Gasteiger charge is 2.13. The van der Waals surface area contributed by atoms with Crippen LogP contribution in [0.5, 0.6) is 0 Å². The van der Waals surface area contributed by atoms with Gasteiger partial charge in [0.25, 0.3) is 5.56 Å². The molecule has 0 radical (unpaired) electrons. The van der Waals surface area contributed by atoms with E-state index in [-0.39, 0.29) is 17.8 Å². The standard InChI is InChI=1S/C22H18FN3O2/c1-25(12-15-6-7-16-4-2-3-5-17(16)10-15)21(27)13-26-14-24-20-9-8-18(23)11-19(20)22(26)28/h2-11,14H,12-13H2,1H3. The molecule has 0 fully saturated rings. The summed E-state index contributed by atoms with van der Waals surface area (Å²) in [5, 5.41) is 2.41. The van der Waals surface area contributed by atoms with Gasteiger partial charge in [0.1, 0.15) is 12.4 Å². The molecule has 0 N–H and O–H groups in total. The summed E-state index contributed by atoms with van der Waals surface area (Å²) in [6.45, 7) is 0.274. The molecule has 1 amide bonds. The van der Waals surface area contributed by atoms with Crippen LogP contribution in [0.4, 0.5) is 4.39 Å². The van der Waals surface area contributed by atoms with Crippen molar-refractivity contribution in [3.8, 4) is 0 Å². The van der Waals surface area contributed by atoms with Gasteiger partial charge in [-0.2, -0.15) is 0 Å². The number of aromatic nitrogens is 2. The normalized spacial score (nSPS) is 11.1. The molecule has 6 heteroatoms. The molecule has 0 saturated heterocycles. The summed E-state index contributed by atoms with van der Waals surface area (Å²) in [5.74, 6) is -0.739. The zero-order valence-electron chi connectivity index (χ0n) is 15.3. The van der Waals surface area contributed by atoms with Gasteiger partial charge < -0.3 is 4.90 Å². The largest absolute Gasteiger partial charge is 0.340 e. The first-order valence-corrected chi connectivity index (χ1v) is 8.87. The van der Waals surface area contributed by atoms with Crippen LogP contribution in [0.1, 0.15) is 5.56 Å². The van der Waals surface area contributed by atoms with Gasteiger partial charge in [-0.15, -0.1) is 0 Å². The lowest BCUT2D eigenvalue weighted by atomic mass is 10.1. The number of halogens is 1. The summed E-state index contributed by atoms with van der Waals surface area (Å²) in [6.07, 6.45) is 1.32. The Balaban J connectivity index is 1.53. The lowest BCUT2D eigenvalue weighted by Crippen LogP contribution is -2.33. The number of fused-ring (bicyclic) bond motifs is 2. The van der Waals surface area contributed by atoms with E-state index in [1.807, 2.05) is 42.5 Å². The quantitative estimate of drug-likeness (QED) is 0.550. The molecule has 0 saturated carbocycles. The first-order chi connectivity index (χ1) is 13.5. The first kappa shape index (κ1) is 17.9. The Labute approximate surface area is 160 Å². The van der Waals surface area contributed by atoms with Gasteiger partial charge in [-0.1, -0.05) is 36.4 Å². The number of amides is 1. The summed E-state index contributed by atoms with van der Waals surface area (Å²) < 4.78 is 14.7. The third-order valence-electron chi connectivity index (χ3n) is 4.75. The third-order valence-corrected chi connectivity index (χ3v) is 4.75. The molecule has 1 heterocycles. The van der Waals surface area contributed by atoms with Crippen LogP contribution >= 0.6 is 0 Å². The van der Waals surface area contributed by atoms with Gasteiger partial charge in [0.15, 0.2) is 0 Å². The van der Waals surface area contributed by atoms with Crippen LogP contribution in [0.3, 0.4) is 0 Å². The second kappa shape index (κ2) is 7.23. The highest BCUT2D eigenvalue weighted by Crippen LogP contribution is 2.16. The molecule has 4 rings (SSSR count). The van der Waals surface area contributed by atoms with E-state index in [0.717, 1.165) is 22.4 Å². The second-order valence-electron chi connectivity index (χ2n) is 6.77. The maximum absolute atomic E-state index is 13.4. The number of benzene rings is 3. The van der Waals surface area contributed by atoms with Crippen LogP contribution in [0.15, 0.2) is 71.8 Å². The molecule has 28 heavy (non-hydrogen) atoms. The van der Waals surface area contributed by atoms with Crippen molar-refractivity contribution in [2.75, 3.05) is 7.05 Å². The minimum Gasteiger partial charge on any atom is -0.340 e. The minimum atomic E-state index is -0.510. The molecule has 1 aromatic heterocycles. The molecule has 140 valence electrons. The van der Waals surface area contributed by atoms with E-state index in [9.17, 15) is 14.0 Å². The van der Waals surface area contributed by atoms with Crippen LogP contribution < -0.4 is 5.56 Å². The Morgan fingerprint density at radius 3 is 2.68 bits per heavy atom. The lowest BCUT2D eigenvalue weighted by molar-refractivity contribution is -0.131. The first-order valence-electron chi connectivity index (χ1n) is 8.87. The van der Waals surface area contributed by atoms with Crippen LogP contribution in [-0.4, -0.2) is 27.4 Å². The van der Waals surface area contributed by atoms with Crippen LogP contribution in [0, 0.1) is 5.82 Å². The van der Waals surface area contributed by atoms with E-state index in [1.165, 1.54) is 23.0 Å². The van der Waals surface area contributed by atoms with Gasteiger partial charge in [-0.25, -0.2) is 9.37 Å². The zero-order valence-corrected chi connectivity index (χ0v) is 15.3. The molecule has 3 aromatic carbocycles. The van der Waals surface area contributed by atoms with Gasteiger partial charge in [0.05, 0.1) is 17.2 Å². The van der Waals surface area contributed by atoms with Gasteiger partial charge in [-0.05, 0) is 40.6 Å². The summed E-state index contributed by atoms with van der Waals surface area (Å²) in [4.78, 5) is 30.8. The van der Waals surface area contributed by atoms with E-state index in [1.54, 1.807) is 11.9 Å². The molecule has 0 unspecified atom stereocenters. The molecule has 5 nitrogen and oxygen atoms in total. The Bertz CT molecular complexity index is 1250. The van der Waals surface area contributed by atoms with Crippen LogP contribution in [-0.2, 0) is 17.9 Å². The molecule has 0 aliphatic carbocycles. The molecule has 4 aromatic rings. The molecule has 0 atom stereocenters.